The van der Waals surface area contributed by atoms with Crippen molar-refractivity contribution in [3.05, 3.63) is 23.8 Å². The molecule has 1 atom stereocenters. The molecule has 5 heteroatoms. The first-order chi connectivity index (χ1) is 7.83. The van der Waals surface area contributed by atoms with Crippen molar-refractivity contribution >= 4 is 12.4 Å². The van der Waals surface area contributed by atoms with Gasteiger partial charge in [-0.2, -0.15) is 0 Å². The first-order valence-corrected chi connectivity index (χ1v) is 5.67. The van der Waals surface area contributed by atoms with Crippen LogP contribution in [0.15, 0.2) is 18.2 Å². The summed E-state index contributed by atoms with van der Waals surface area (Å²) in [5.74, 6) is 0.701. The van der Waals surface area contributed by atoms with Gasteiger partial charge in [0.1, 0.15) is 17.1 Å². The number of ether oxygens (including phenoxy) is 1. The smallest absolute Gasteiger partial charge is 0.120 e. The molecule has 0 unspecified atom stereocenters. The SMILES string of the molecule is CC(C)(C)Oc1ccc(O)c([C@H](N)CCF)c1.Cl. The summed E-state index contributed by atoms with van der Waals surface area (Å²) in [5, 5.41) is 9.67. The fraction of sp³-hybridized carbons (Fsp3) is 0.538. The van der Waals surface area contributed by atoms with Crippen LogP contribution in [0.25, 0.3) is 0 Å². The number of phenols is 1. The molecule has 3 N–H and O–H groups in total. The molecule has 0 spiro atoms. The van der Waals surface area contributed by atoms with Crippen LogP contribution in [0, 0.1) is 0 Å². The summed E-state index contributed by atoms with van der Waals surface area (Å²) in [6.07, 6.45) is 0.187. The molecular formula is C13H21ClFNO2. The highest BCUT2D eigenvalue weighted by molar-refractivity contribution is 5.85. The molecule has 3 nitrogen and oxygen atoms in total. The zero-order valence-corrected chi connectivity index (χ0v) is 11.8. The summed E-state index contributed by atoms with van der Waals surface area (Å²) in [5.41, 5.74) is 5.98. The Morgan fingerprint density at radius 3 is 2.50 bits per heavy atom. The number of phenolic OH excluding ortho intramolecular Hbond substituents is 1. The second-order valence-electron chi connectivity index (χ2n) is 5.02. The molecule has 0 amide bonds. The van der Waals surface area contributed by atoms with Crippen molar-refractivity contribution in [3.8, 4) is 11.5 Å². The minimum absolute atomic E-state index is 0. The molecule has 0 bridgehead atoms. The van der Waals surface area contributed by atoms with Crippen LogP contribution in [-0.4, -0.2) is 17.4 Å². The molecule has 104 valence electrons. The predicted octanol–water partition coefficient (Wildman–Crippen LogP) is 3.35. The zero-order chi connectivity index (χ0) is 13.1. The van der Waals surface area contributed by atoms with Crippen molar-refractivity contribution in [1.29, 1.82) is 0 Å². The molecule has 18 heavy (non-hydrogen) atoms. The van der Waals surface area contributed by atoms with Crippen molar-refractivity contribution in [3.63, 3.8) is 0 Å². The van der Waals surface area contributed by atoms with Gasteiger partial charge in [0.05, 0.1) is 6.67 Å². The minimum Gasteiger partial charge on any atom is -0.508 e. The highest BCUT2D eigenvalue weighted by Gasteiger charge is 2.16. The third kappa shape index (κ3) is 5.10. The highest BCUT2D eigenvalue weighted by atomic mass is 35.5. The average Bonchev–Trinajstić information content (AvgIpc) is 2.19. The van der Waals surface area contributed by atoms with Gasteiger partial charge in [0, 0.05) is 11.6 Å². The van der Waals surface area contributed by atoms with Gasteiger partial charge in [0.25, 0.3) is 0 Å². The van der Waals surface area contributed by atoms with E-state index in [1.165, 1.54) is 6.07 Å². The van der Waals surface area contributed by atoms with E-state index in [1.807, 2.05) is 20.8 Å². The number of aromatic hydroxyl groups is 1. The number of halogens is 2. The van der Waals surface area contributed by atoms with Gasteiger partial charge in [-0.05, 0) is 45.4 Å². The Labute approximate surface area is 114 Å². The fourth-order valence-corrected chi connectivity index (χ4v) is 1.52. The van der Waals surface area contributed by atoms with E-state index < -0.39 is 12.7 Å². The first-order valence-electron chi connectivity index (χ1n) is 5.67. The lowest BCUT2D eigenvalue weighted by atomic mass is 10.0. The summed E-state index contributed by atoms with van der Waals surface area (Å²) >= 11 is 0. The molecule has 0 saturated heterocycles. The van der Waals surface area contributed by atoms with Crippen molar-refractivity contribution in [1.82, 2.24) is 0 Å². The van der Waals surface area contributed by atoms with E-state index >= 15 is 0 Å². The Bertz CT molecular complexity index is 380. The molecule has 0 saturated carbocycles. The lowest BCUT2D eigenvalue weighted by molar-refractivity contribution is 0.130. The maximum atomic E-state index is 12.2. The van der Waals surface area contributed by atoms with Crippen LogP contribution < -0.4 is 10.5 Å². The van der Waals surface area contributed by atoms with Crippen LogP contribution in [0.5, 0.6) is 11.5 Å². The van der Waals surface area contributed by atoms with Crippen molar-refractivity contribution in [2.45, 2.75) is 38.8 Å². The molecule has 0 aromatic heterocycles. The van der Waals surface area contributed by atoms with E-state index in [0.717, 1.165) is 0 Å². The van der Waals surface area contributed by atoms with Crippen LogP contribution in [0.3, 0.4) is 0 Å². The minimum atomic E-state index is -0.511. The maximum Gasteiger partial charge on any atom is 0.120 e. The molecule has 0 aliphatic heterocycles. The van der Waals surface area contributed by atoms with Crippen LogP contribution >= 0.6 is 12.4 Å². The highest BCUT2D eigenvalue weighted by Crippen LogP contribution is 2.30. The number of hydrogen-bond acceptors (Lipinski definition) is 3. The molecular weight excluding hydrogens is 257 g/mol. The number of rotatable bonds is 4. The van der Waals surface area contributed by atoms with Gasteiger partial charge in [-0.25, -0.2) is 0 Å². The van der Waals surface area contributed by atoms with E-state index in [-0.39, 0.29) is 30.2 Å². The van der Waals surface area contributed by atoms with Gasteiger partial charge in [0.2, 0.25) is 0 Å². The third-order valence-electron chi connectivity index (χ3n) is 2.24. The quantitative estimate of drug-likeness (QED) is 0.887. The van der Waals surface area contributed by atoms with Gasteiger partial charge in [0.15, 0.2) is 0 Å². The van der Waals surface area contributed by atoms with Crippen molar-refractivity contribution in [2.24, 2.45) is 5.73 Å². The monoisotopic (exact) mass is 277 g/mol. The largest absolute Gasteiger partial charge is 0.508 e. The zero-order valence-electron chi connectivity index (χ0n) is 10.9. The van der Waals surface area contributed by atoms with E-state index in [9.17, 15) is 9.50 Å². The molecule has 0 aliphatic carbocycles. The normalized spacial score (nSPS) is 12.7. The summed E-state index contributed by atoms with van der Waals surface area (Å²) in [7, 11) is 0. The Hall–Kier alpha value is -1.00. The second kappa shape index (κ2) is 6.81. The lowest BCUT2D eigenvalue weighted by Crippen LogP contribution is -2.23. The fourth-order valence-electron chi connectivity index (χ4n) is 1.52. The molecule has 0 radical (unpaired) electrons. The number of benzene rings is 1. The number of nitrogens with two attached hydrogens (primary N) is 1. The lowest BCUT2D eigenvalue weighted by Gasteiger charge is -2.22. The molecule has 0 fully saturated rings. The van der Waals surface area contributed by atoms with Crippen LogP contribution in [0.2, 0.25) is 0 Å². The molecule has 1 rings (SSSR count). The predicted molar refractivity (Wildman–Crippen MR) is 73.3 cm³/mol. The summed E-state index contributed by atoms with van der Waals surface area (Å²) < 4.78 is 17.9. The van der Waals surface area contributed by atoms with Crippen LogP contribution in [0.4, 0.5) is 4.39 Å². The van der Waals surface area contributed by atoms with Crippen LogP contribution in [0.1, 0.15) is 38.8 Å². The number of alkyl halides is 1. The van der Waals surface area contributed by atoms with Crippen molar-refractivity contribution in [2.75, 3.05) is 6.67 Å². The topological polar surface area (TPSA) is 55.5 Å². The Kier molecular flexibility index (Phi) is 6.43. The van der Waals surface area contributed by atoms with Gasteiger partial charge in [-0.15, -0.1) is 12.4 Å². The van der Waals surface area contributed by atoms with Crippen molar-refractivity contribution < 1.29 is 14.2 Å². The van der Waals surface area contributed by atoms with Gasteiger partial charge in [-0.1, -0.05) is 0 Å². The Morgan fingerprint density at radius 1 is 1.39 bits per heavy atom. The standard InChI is InChI=1S/C13H20FNO2.ClH/c1-13(2,3)17-9-4-5-12(16)10(8-9)11(15)6-7-14;/h4-5,8,11,16H,6-7,15H2,1-3H3;1H/t11-;/m1./s1. The number of hydrogen-bond donors (Lipinski definition) is 2. The Morgan fingerprint density at radius 2 is 2.00 bits per heavy atom. The average molecular weight is 278 g/mol. The molecule has 0 heterocycles. The van der Waals surface area contributed by atoms with Gasteiger partial charge >= 0.3 is 0 Å². The van der Waals surface area contributed by atoms with E-state index in [2.05, 4.69) is 0 Å². The summed E-state index contributed by atoms with van der Waals surface area (Å²) in [6, 6.07) is 4.35. The first kappa shape index (κ1) is 17.0. The van der Waals surface area contributed by atoms with E-state index in [1.54, 1.807) is 12.1 Å². The molecule has 1 aromatic rings. The summed E-state index contributed by atoms with van der Waals surface area (Å²) in [4.78, 5) is 0. The summed E-state index contributed by atoms with van der Waals surface area (Å²) in [6.45, 7) is 5.29. The second-order valence-corrected chi connectivity index (χ2v) is 5.02. The third-order valence-corrected chi connectivity index (χ3v) is 2.24. The van der Waals surface area contributed by atoms with Crippen LogP contribution in [-0.2, 0) is 0 Å². The van der Waals surface area contributed by atoms with E-state index in [4.69, 9.17) is 10.5 Å². The van der Waals surface area contributed by atoms with Gasteiger partial charge < -0.3 is 15.6 Å². The van der Waals surface area contributed by atoms with E-state index in [0.29, 0.717) is 11.3 Å². The Balaban J connectivity index is 0.00000289. The van der Waals surface area contributed by atoms with Gasteiger partial charge in [-0.3, -0.25) is 4.39 Å². The molecule has 1 aromatic carbocycles. The maximum absolute atomic E-state index is 12.2. The molecule has 0 aliphatic rings.